The predicted molar refractivity (Wildman–Crippen MR) is 133 cm³/mol. The molecule has 0 atom stereocenters. The molecule has 0 bridgehead atoms. The van der Waals surface area contributed by atoms with Crippen molar-refractivity contribution < 1.29 is 5.48 Å². The van der Waals surface area contributed by atoms with E-state index in [0.717, 1.165) is 35.9 Å². The van der Waals surface area contributed by atoms with E-state index in [1.807, 2.05) is 6.07 Å². The number of nitrogens with zero attached hydrogens (tertiary/aromatic N) is 1. The topological polar surface area (TPSA) is 12.9 Å². The van der Waals surface area contributed by atoms with Gasteiger partial charge in [-0.05, 0) is 81.2 Å². The highest BCUT2D eigenvalue weighted by Gasteiger charge is 2.18. The van der Waals surface area contributed by atoms with E-state index in [-0.39, 0.29) is 5.56 Å². The summed E-state index contributed by atoms with van der Waals surface area (Å²) in [7, 11) is 0. The number of rotatable bonds is 2. The van der Waals surface area contributed by atoms with Gasteiger partial charge in [0.25, 0.3) is 0 Å². The van der Waals surface area contributed by atoms with Crippen molar-refractivity contribution in [2.45, 2.75) is 44.8 Å². The van der Waals surface area contributed by atoms with Crippen molar-refractivity contribution in [1.82, 2.24) is 4.98 Å². The lowest BCUT2D eigenvalue weighted by molar-refractivity contribution is 0.442. The lowest BCUT2D eigenvalue weighted by Gasteiger charge is -2.24. The maximum Gasteiger partial charge on any atom is 0.0705 e. The molecule has 0 saturated heterocycles. The molecule has 1 fully saturated rings. The second kappa shape index (κ2) is 7.50. The summed E-state index contributed by atoms with van der Waals surface area (Å²) in [5.41, 5.74) is 2.50. The smallest absolute Gasteiger partial charge is 0.0705 e. The molecule has 5 aromatic rings. The quantitative estimate of drug-likeness (QED) is 0.268. The molecule has 0 N–H and O–H groups in total. The molecule has 31 heavy (non-hydrogen) atoms. The number of aromatic nitrogens is 1. The summed E-state index contributed by atoms with van der Waals surface area (Å²) in [4.78, 5) is 4.61. The molecular formula is C30H27N. The summed E-state index contributed by atoms with van der Waals surface area (Å²) in [6, 6.07) is 25.2. The Bertz CT molecular complexity index is 1540. The van der Waals surface area contributed by atoms with E-state index in [1.165, 1.54) is 33.1 Å². The molecule has 1 heteroatoms. The lowest BCUT2D eigenvalue weighted by Crippen LogP contribution is -2.07. The van der Waals surface area contributed by atoms with Crippen LogP contribution in [0.25, 0.3) is 43.6 Å². The van der Waals surface area contributed by atoms with E-state index in [4.69, 9.17) is 4.11 Å². The molecule has 1 heterocycles. The summed E-state index contributed by atoms with van der Waals surface area (Å²) in [5.74, 6) is -0.876. The second-order valence-electron chi connectivity index (χ2n) is 8.63. The first kappa shape index (κ1) is 14.8. The standard InChI is InChI=1S/C30H27N/c1-20-19-31-30(18-28(20)21-9-3-2-4-10-21)22-15-16-27-25-13-6-5-11-23(25)24-12-7-8-14-26(24)29(27)17-22/h5-8,11-19,21H,2-4,9-10H2,1H3/i1D3,21D. The molecule has 0 amide bonds. The van der Waals surface area contributed by atoms with Crippen molar-refractivity contribution in [3.8, 4) is 11.3 Å². The zero-order chi connectivity index (χ0) is 24.2. The van der Waals surface area contributed by atoms with Crippen LogP contribution in [0.4, 0.5) is 0 Å². The summed E-state index contributed by atoms with van der Waals surface area (Å²) < 4.78 is 33.4. The summed E-state index contributed by atoms with van der Waals surface area (Å²) in [6.07, 6.45) is 5.88. The van der Waals surface area contributed by atoms with Crippen LogP contribution in [0.15, 0.2) is 79.0 Å². The van der Waals surface area contributed by atoms with Crippen LogP contribution >= 0.6 is 0 Å². The molecule has 0 unspecified atom stereocenters. The van der Waals surface area contributed by atoms with Gasteiger partial charge >= 0.3 is 0 Å². The van der Waals surface area contributed by atoms with Crippen LogP contribution in [0.1, 0.15) is 54.6 Å². The minimum atomic E-state index is -2.29. The van der Waals surface area contributed by atoms with Crippen LogP contribution < -0.4 is 0 Å². The Morgan fingerprint density at radius 1 is 0.742 bits per heavy atom. The molecule has 6 rings (SSSR count). The Morgan fingerprint density at radius 3 is 2.00 bits per heavy atom. The first-order valence-electron chi connectivity index (χ1n) is 13.2. The highest BCUT2D eigenvalue weighted by Crippen LogP contribution is 2.38. The van der Waals surface area contributed by atoms with Gasteiger partial charge in [-0.1, -0.05) is 79.9 Å². The third-order valence-electron chi connectivity index (χ3n) is 6.78. The summed E-state index contributed by atoms with van der Waals surface area (Å²) >= 11 is 0. The van der Waals surface area contributed by atoms with Gasteiger partial charge in [0, 0.05) is 17.2 Å². The maximum atomic E-state index is 9.19. The van der Waals surface area contributed by atoms with Gasteiger partial charge in [0.15, 0.2) is 0 Å². The van der Waals surface area contributed by atoms with Crippen LogP contribution in [0.3, 0.4) is 0 Å². The fourth-order valence-corrected chi connectivity index (χ4v) is 5.22. The molecule has 1 saturated carbocycles. The van der Waals surface area contributed by atoms with Crippen LogP contribution in [0, 0.1) is 6.85 Å². The highest BCUT2D eigenvalue weighted by molar-refractivity contribution is 6.25. The van der Waals surface area contributed by atoms with E-state index in [1.54, 1.807) is 0 Å². The van der Waals surface area contributed by atoms with Gasteiger partial charge in [-0.2, -0.15) is 0 Å². The average Bonchev–Trinajstić information content (AvgIpc) is 2.88. The molecule has 152 valence electrons. The van der Waals surface area contributed by atoms with Gasteiger partial charge in [-0.3, -0.25) is 4.98 Å². The molecule has 1 nitrogen and oxygen atoms in total. The van der Waals surface area contributed by atoms with Crippen molar-refractivity contribution in [2.75, 3.05) is 0 Å². The Kier molecular flexibility index (Phi) is 3.57. The average molecular weight is 406 g/mol. The molecule has 1 aromatic heterocycles. The minimum Gasteiger partial charge on any atom is -0.256 e. The Labute approximate surface area is 189 Å². The monoisotopic (exact) mass is 405 g/mol. The fourth-order valence-electron chi connectivity index (χ4n) is 5.22. The normalized spacial score (nSPS) is 18.5. The Hall–Kier alpha value is -3.19. The van der Waals surface area contributed by atoms with Crippen molar-refractivity contribution in [3.63, 3.8) is 0 Å². The van der Waals surface area contributed by atoms with Gasteiger partial charge in [0.2, 0.25) is 0 Å². The Morgan fingerprint density at radius 2 is 1.35 bits per heavy atom. The SMILES string of the molecule is [2H]C([2H])([2H])c1cnc(-c2ccc3c4ccccc4c4ccccc4c3c2)cc1C1([2H])CCCCC1. The third kappa shape index (κ3) is 3.11. The molecular weight excluding hydrogens is 374 g/mol. The fraction of sp³-hybridized carbons (Fsp3) is 0.233. The van der Waals surface area contributed by atoms with E-state index >= 15 is 0 Å². The third-order valence-corrected chi connectivity index (χ3v) is 6.78. The molecule has 0 aliphatic heterocycles. The predicted octanol–water partition coefficient (Wildman–Crippen LogP) is 8.56. The molecule has 0 spiro atoms. The van der Waals surface area contributed by atoms with Crippen LogP contribution in [0.2, 0.25) is 0 Å². The molecule has 1 aliphatic rings. The number of hydrogen-bond acceptors (Lipinski definition) is 1. The van der Waals surface area contributed by atoms with Crippen molar-refractivity contribution in [3.05, 3.63) is 90.1 Å². The zero-order valence-electron chi connectivity index (χ0n) is 21.5. The molecule has 4 aromatic carbocycles. The second-order valence-corrected chi connectivity index (χ2v) is 8.63. The zero-order valence-corrected chi connectivity index (χ0v) is 17.5. The number of aryl methyl sites for hydroxylation is 1. The van der Waals surface area contributed by atoms with Gasteiger partial charge in [-0.25, -0.2) is 0 Å². The number of pyridine rings is 1. The Balaban J connectivity index is 1.59. The van der Waals surface area contributed by atoms with Gasteiger partial charge in [0.05, 0.1) is 5.69 Å². The summed E-state index contributed by atoms with van der Waals surface area (Å²) in [6.45, 7) is -2.29. The van der Waals surface area contributed by atoms with Crippen LogP contribution in [0.5, 0.6) is 0 Å². The van der Waals surface area contributed by atoms with E-state index in [9.17, 15) is 1.37 Å². The van der Waals surface area contributed by atoms with Crippen LogP contribution in [-0.4, -0.2) is 4.98 Å². The lowest BCUT2D eigenvalue weighted by atomic mass is 9.82. The minimum absolute atomic E-state index is 0.218. The largest absolute Gasteiger partial charge is 0.256 e. The number of hydrogen-bond donors (Lipinski definition) is 0. The number of benzene rings is 4. The molecule has 0 radical (unpaired) electrons. The van der Waals surface area contributed by atoms with E-state index in [2.05, 4.69) is 71.7 Å². The highest BCUT2D eigenvalue weighted by atomic mass is 14.7. The first-order chi connectivity index (χ1) is 16.9. The summed E-state index contributed by atoms with van der Waals surface area (Å²) in [5, 5.41) is 7.19. The van der Waals surface area contributed by atoms with E-state index < -0.39 is 12.7 Å². The van der Waals surface area contributed by atoms with Crippen molar-refractivity contribution in [1.29, 1.82) is 0 Å². The first-order valence-corrected chi connectivity index (χ1v) is 11.2. The van der Waals surface area contributed by atoms with Gasteiger partial charge < -0.3 is 0 Å². The maximum absolute atomic E-state index is 9.19. The van der Waals surface area contributed by atoms with Crippen molar-refractivity contribution in [2.24, 2.45) is 0 Å². The van der Waals surface area contributed by atoms with E-state index in [0.29, 0.717) is 18.4 Å². The van der Waals surface area contributed by atoms with Gasteiger partial charge in [0.1, 0.15) is 0 Å². The van der Waals surface area contributed by atoms with Crippen LogP contribution in [-0.2, 0) is 0 Å². The molecule has 1 aliphatic carbocycles. The van der Waals surface area contributed by atoms with Gasteiger partial charge in [-0.15, -0.1) is 0 Å². The van der Waals surface area contributed by atoms with Crippen molar-refractivity contribution >= 4 is 32.3 Å². The number of fused-ring (bicyclic) bond motifs is 6.